The number of aliphatic hydroxyl groups is 2. The number of fused-ring (bicyclic) bond motifs is 1. The molecule has 0 unspecified atom stereocenters. The zero-order valence-corrected chi connectivity index (χ0v) is 15.9. The van der Waals surface area contributed by atoms with Gasteiger partial charge >= 0.3 is 0 Å². The molecule has 2 fully saturated rings. The van der Waals surface area contributed by atoms with Gasteiger partial charge in [0.1, 0.15) is 0 Å². The molecule has 2 saturated carbocycles. The molecule has 2 nitrogen and oxygen atoms in total. The van der Waals surface area contributed by atoms with E-state index in [2.05, 4.69) is 34.6 Å². The molecule has 0 aliphatic heterocycles. The van der Waals surface area contributed by atoms with E-state index in [1.165, 1.54) is 25.7 Å². The van der Waals surface area contributed by atoms with Crippen molar-refractivity contribution in [2.24, 2.45) is 35.0 Å². The van der Waals surface area contributed by atoms with Crippen molar-refractivity contribution < 1.29 is 10.2 Å². The highest BCUT2D eigenvalue weighted by molar-refractivity contribution is 5.22. The van der Waals surface area contributed by atoms with Gasteiger partial charge in [0.25, 0.3) is 0 Å². The maximum atomic E-state index is 10.3. The van der Waals surface area contributed by atoms with Crippen molar-refractivity contribution in [3.63, 3.8) is 0 Å². The Bertz CT molecular complexity index is 414. The van der Waals surface area contributed by atoms with E-state index >= 15 is 0 Å². The Morgan fingerprint density at radius 1 is 1.13 bits per heavy atom. The second kappa shape index (κ2) is 7.70. The Morgan fingerprint density at radius 2 is 1.83 bits per heavy atom. The summed E-state index contributed by atoms with van der Waals surface area (Å²) in [6, 6.07) is 0. The predicted molar refractivity (Wildman–Crippen MR) is 97.1 cm³/mol. The molecule has 0 saturated heterocycles. The van der Waals surface area contributed by atoms with Crippen LogP contribution in [0.25, 0.3) is 0 Å². The molecule has 23 heavy (non-hydrogen) atoms. The lowest BCUT2D eigenvalue weighted by atomic mass is 9.60. The van der Waals surface area contributed by atoms with Crippen molar-refractivity contribution in [3.8, 4) is 0 Å². The third kappa shape index (κ3) is 3.85. The fraction of sp³-hybridized carbons (Fsp3) is 0.905. The molecule has 0 spiro atoms. The Morgan fingerprint density at radius 3 is 2.43 bits per heavy atom. The van der Waals surface area contributed by atoms with Crippen LogP contribution in [-0.4, -0.2) is 22.9 Å². The van der Waals surface area contributed by atoms with Gasteiger partial charge in [-0.05, 0) is 66.3 Å². The minimum Gasteiger partial charge on any atom is -0.392 e. The smallest absolute Gasteiger partial charge is 0.0754 e. The van der Waals surface area contributed by atoms with Crippen LogP contribution in [0.4, 0.5) is 0 Å². The van der Waals surface area contributed by atoms with Crippen LogP contribution in [0.5, 0.6) is 0 Å². The van der Waals surface area contributed by atoms with Crippen molar-refractivity contribution in [3.05, 3.63) is 11.6 Å². The Labute approximate surface area is 143 Å². The normalized spacial score (nSPS) is 38.8. The van der Waals surface area contributed by atoms with E-state index in [-0.39, 0.29) is 12.7 Å². The van der Waals surface area contributed by atoms with Gasteiger partial charge in [0, 0.05) is 0 Å². The van der Waals surface area contributed by atoms with Crippen LogP contribution in [0.1, 0.15) is 73.1 Å². The molecule has 2 N–H and O–H groups in total. The van der Waals surface area contributed by atoms with Gasteiger partial charge in [0.05, 0.1) is 12.7 Å². The molecule has 0 aromatic carbocycles. The molecule has 0 radical (unpaired) electrons. The van der Waals surface area contributed by atoms with Crippen LogP contribution in [-0.2, 0) is 0 Å². The average molecular weight is 323 g/mol. The molecular formula is C21H38O2. The van der Waals surface area contributed by atoms with Gasteiger partial charge in [-0.3, -0.25) is 0 Å². The molecule has 2 heteroatoms. The van der Waals surface area contributed by atoms with E-state index in [0.717, 1.165) is 42.1 Å². The van der Waals surface area contributed by atoms with Crippen LogP contribution >= 0.6 is 0 Å². The summed E-state index contributed by atoms with van der Waals surface area (Å²) in [6.07, 6.45) is 8.70. The van der Waals surface area contributed by atoms with E-state index in [1.807, 2.05) is 6.08 Å². The first-order valence-corrected chi connectivity index (χ1v) is 9.80. The lowest BCUT2D eigenvalue weighted by Crippen LogP contribution is -2.40. The zero-order chi connectivity index (χ0) is 17.2. The molecule has 2 rings (SSSR count). The third-order valence-electron chi connectivity index (χ3n) is 7.38. The fourth-order valence-electron chi connectivity index (χ4n) is 5.40. The summed E-state index contributed by atoms with van der Waals surface area (Å²) in [4.78, 5) is 0. The molecular weight excluding hydrogens is 284 g/mol. The van der Waals surface area contributed by atoms with Gasteiger partial charge in [0.2, 0.25) is 0 Å². The summed E-state index contributed by atoms with van der Waals surface area (Å²) in [5.41, 5.74) is 1.45. The molecule has 6 atom stereocenters. The largest absolute Gasteiger partial charge is 0.392 e. The van der Waals surface area contributed by atoms with E-state index in [9.17, 15) is 10.2 Å². The van der Waals surface area contributed by atoms with Gasteiger partial charge in [-0.1, -0.05) is 53.5 Å². The summed E-state index contributed by atoms with van der Waals surface area (Å²) in [5.74, 6) is 3.59. The van der Waals surface area contributed by atoms with E-state index in [1.54, 1.807) is 0 Å². The molecule has 0 heterocycles. The average Bonchev–Trinajstić information content (AvgIpc) is 2.85. The highest BCUT2D eigenvalue weighted by atomic mass is 16.3. The van der Waals surface area contributed by atoms with Crippen molar-refractivity contribution in [2.75, 3.05) is 6.61 Å². The second-order valence-corrected chi connectivity index (χ2v) is 8.96. The number of hydrogen-bond donors (Lipinski definition) is 2. The van der Waals surface area contributed by atoms with Gasteiger partial charge in [-0.15, -0.1) is 0 Å². The number of aliphatic hydroxyl groups excluding tert-OH is 2. The summed E-state index contributed by atoms with van der Waals surface area (Å²) >= 11 is 0. The van der Waals surface area contributed by atoms with Crippen LogP contribution in [0.15, 0.2) is 11.6 Å². The van der Waals surface area contributed by atoms with Crippen molar-refractivity contribution in [2.45, 2.75) is 79.2 Å². The van der Waals surface area contributed by atoms with Crippen molar-refractivity contribution in [1.29, 1.82) is 0 Å². The summed E-state index contributed by atoms with van der Waals surface area (Å²) in [7, 11) is 0. The standard InChI is InChI=1S/C21H38O2/c1-14(2)15(3)6-7-16(4)18-8-9-19-17(11-13-22)20(23)10-12-21(18,19)5/h11,14-16,18-20,22-23H,6-10,12-13H2,1-5H3/b17-11-/t15-,16+,18+,19-,20+,21+/m0/s1. The van der Waals surface area contributed by atoms with E-state index < -0.39 is 0 Å². The molecule has 0 bridgehead atoms. The first kappa shape index (κ1) is 19.0. The van der Waals surface area contributed by atoms with Gasteiger partial charge in [-0.25, -0.2) is 0 Å². The zero-order valence-electron chi connectivity index (χ0n) is 15.9. The lowest BCUT2D eigenvalue weighted by Gasteiger charge is -2.46. The Kier molecular flexibility index (Phi) is 6.35. The second-order valence-electron chi connectivity index (χ2n) is 8.96. The van der Waals surface area contributed by atoms with Crippen molar-refractivity contribution >= 4 is 0 Å². The minimum atomic E-state index is -0.324. The van der Waals surface area contributed by atoms with E-state index in [4.69, 9.17) is 0 Å². The highest BCUT2D eigenvalue weighted by Gasteiger charge is 2.52. The topological polar surface area (TPSA) is 40.5 Å². The summed E-state index contributed by atoms with van der Waals surface area (Å²) in [5, 5.41) is 19.7. The molecule has 0 aromatic heterocycles. The maximum absolute atomic E-state index is 10.3. The van der Waals surface area contributed by atoms with Crippen LogP contribution in [0.3, 0.4) is 0 Å². The monoisotopic (exact) mass is 322 g/mol. The third-order valence-corrected chi connectivity index (χ3v) is 7.38. The Hall–Kier alpha value is -0.340. The molecule has 0 amide bonds. The van der Waals surface area contributed by atoms with E-state index in [0.29, 0.717) is 11.3 Å². The first-order valence-electron chi connectivity index (χ1n) is 9.80. The van der Waals surface area contributed by atoms with Crippen LogP contribution in [0, 0.1) is 35.0 Å². The molecule has 2 aliphatic rings. The minimum absolute atomic E-state index is 0.0606. The first-order chi connectivity index (χ1) is 10.8. The molecule has 134 valence electrons. The SMILES string of the molecule is CC(C)[C@@H](C)CC[C@@H](C)[C@H]1CC[C@H]2/C(=C/CO)[C@H](O)CC[C@]12C. The van der Waals surface area contributed by atoms with Gasteiger partial charge in [0.15, 0.2) is 0 Å². The summed E-state index contributed by atoms with van der Waals surface area (Å²) < 4.78 is 0. The quantitative estimate of drug-likeness (QED) is 0.690. The van der Waals surface area contributed by atoms with Crippen LogP contribution in [0.2, 0.25) is 0 Å². The number of hydrogen-bond acceptors (Lipinski definition) is 2. The molecule has 0 aromatic rings. The predicted octanol–water partition coefficient (Wildman–Crippen LogP) is 4.80. The van der Waals surface area contributed by atoms with Gasteiger partial charge < -0.3 is 10.2 Å². The van der Waals surface area contributed by atoms with Gasteiger partial charge in [-0.2, -0.15) is 0 Å². The maximum Gasteiger partial charge on any atom is 0.0754 e. The highest BCUT2D eigenvalue weighted by Crippen LogP contribution is 2.59. The molecule has 2 aliphatic carbocycles. The lowest BCUT2D eigenvalue weighted by molar-refractivity contribution is 0.0426. The fourth-order valence-corrected chi connectivity index (χ4v) is 5.40. The number of rotatable bonds is 6. The van der Waals surface area contributed by atoms with Crippen molar-refractivity contribution in [1.82, 2.24) is 0 Å². The summed E-state index contributed by atoms with van der Waals surface area (Å²) in [6.45, 7) is 12.0. The van der Waals surface area contributed by atoms with Crippen LogP contribution < -0.4 is 0 Å². The Balaban J connectivity index is 2.06.